The van der Waals surface area contributed by atoms with E-state index >= 15 is 0 Å². The number of ether oxygens (including phenoxy) is 2. The van der Waals surface area contributed by atoms with Crippen LogP contribution in [0, 0.1) is 0 Å². The molecule has 1 amide bonds. The number of carbonyl (C=O) groups excluding carboxylic acids is 1. The van der Waals surface area contributed by atoms with Gasteiger partial charge in [-0.15, -0.1) is 0 Å². The second-order valence-electron chi connectivity index (χ2n) is 5.50. The molecular formula is C16H18ClN3O3. The number of fused-ring (bicyclic) bond motifs is 1. The number of benzene rings is 1. The molecule has 0 fully saturated rings. The average Bonchev–Trinajstić information content (AvgIpc) is 2.97. The molecule has 0 radical (unpaired) electrons. The van der Waals surface area contributed by atoms with Crippen molar-refractivity contribution in [1.29, 1.82) is 0 Å². The van der Waals surface area contributed by atoms with Crippen LogP contribution in [-0.2, 0) is 22.6 Å². The van der Waals surface area contributed by atoms with Crippen molar-refractivity contribution >= 4 is 17.5 Å². The Morgan fingerprint density at radius 3 is 3.09 bits per heavy atom. The molecule has 0 N–H and O–H groups in total. The normalized spacial score (nSPS) is 13.5. The number of nitrogens with zero attached hydrogens (tertiary/aromatic N) is 3. The van der Waals surface area contributed by atoms with Crippen LogP contribution in [-0.4, -0.2) is 47.9 Å². The number of hydrogen-bond acceptors (Lipinski definition) is 4. The van der Waals surface area contributed by atoms with Gasteiger partial charge in [-0.25, -0.2) is 4.68 Å². The van der Waals surface area contributed by atoms with Crippen molar-refractivity contribution in [1.82, 2.24) is 14.7 Å². The van der Waals surface area contributed by atoms with Crippen LogP contribution in [0.2, 0.25) is 5.02 Å². The van der Waals surface area contributed by atoms with E-state index < -0.39 is 0 Å². The highest BCUT2D eigenvalue weighted by Crippen LogP contribution is 2.32. The van der Waals surface area contributed by atoms with Crippen molar-refractivity contribution in [3.05, 3.63) is 40.7 Å². The van der Waals surface area contributed by atoms with E-state index in [2.05, 4.69) is 5.10 Å². The number of aromatic nitrogens is 2. The lowest BCUT2D eigenvalue weighted by Gasteiger charge is -2.17. The minimum absolute atomic E-state index is 0.0590. The first-order chi connectivity index (χ1) is 11.1. The Balaban J connectivity index is 1.88. The minimum Gasteiger partial charge on any atom is -0.482 e. The summed E-state index contributed by atoms with van der Waals surface area (Å²) in [6.07, 6.45) is 2.69. The summed E-state index contributed by atoms with van der Waals surface area (Å²) < 4.78 is 12.8. The molecule has 1 aromatic heterocycles. The molecule has 6 nitrogen and oxygen atoms in total. The highest BCUT2D eigenvalue weighted by atomic mass is 35.5. The van der Waals surface area contributed by atoms with Gasteiger partial charge in [0.15, 0.2) is 6.61 Å². The quantitative estimate of drug-likeness (QED) is 0.858. The highest BCUT2D eigenvalue weighted by Gasteiger charge is 2.19. The van der Waals surface area contributed by atoms with Crippen molar-refractivity contribution in [2.75, 3.05) is 27.3 Å². The molecule has 0 saturated heterocycles. The number of halogens is 1. The van der Waals surface area contributed by atoms with Crippen molar-refractivity contribution < 1.29 is 14.3 Å². The summed E-state index contributed by atoms with van der Waals surface area (Å²) in [7, 11) is 3.36. The molecule has 2 heterocycles. The number of rotatable bonds is 4. The molecule has 1 aliphatic heterocycles. The average molecular weight is 336 g/mol. The van der Waals surface area contributed by atoms with E-state index in [9.17, 15) is 4.79 Å². The summed E-state index contributed by atoms with van der Waals surface area (Å²) in [6.45, 7) is 1.16. The molecular weight excluding hydrogens is 318 g/mol. The molecule has 0 saturated carbocycles. The van der Waals surface area contributed by atoms with E-state index in [4.69, 9.17) is 21.1 Å². The topological polar surface area (TPSA) is 56.6 Å². The Kier molecular flexibility index (Phi) is 4.54. The maximum atomic E-state index is 11.7. The van der Waals surface area contributed by atoms with Crippen LogP contribution in [0.25, 0.3) is 5.69 Å². The molecule has 0 bridgehead atoms. The third-order valence-corrected chi connectivity index (χ3v) is 4.11. The maximum Gasteiger partial charge on any atom is 0.259 e. The smallest absolute Gasteiger partial charge is 0.259 e. The maximum absolute atomic E-state index is 11.7. The fraction of sp³-hybridized carbons (Fsp3) is 0.375. The molecule has 0 unspecified atom stereocenters. The molecule has 3 rings (SSSR count). The first kappa shape index (κ1) is 15.8. The predicted octanol–water partition coefficient (Wildman–Crippen LogP) is 2.07. The van der Waals surface area contributed by atoms with Crippen molar-refractivity contribution in [2.24, 2.45) is 0 Å². The minimum atomic E-state index is -0.128. The first-order valence-electron chi connectivity index (χ1n) is 7.33. The summed E-state index contributed by atoms with van der Waals surface area (Å²) >= 11 is 6.45. The zero-order valence-corrected chi connectivity index (χ0v) is 13.8. The van der Waals surface area contributed by atoms with Gasteiger partial charge in [-0.1, -0.05) is 17.7 Å². The number of hydrogen-bond donors (Lipinski definition) is 0. The third-order valence-electron chi connectivity index (χ3n) is 3.73. The molecule has 0 spiro atoms. The predicted molar refractivity (Wildman–Crippen MR) is 86.1 cm³/mol. The van der Waals surface area contributed by atoms with Gasteiger partial charge in [0.2, 0.25) is 0 Å². The second-order valence-corrected chi connectivity index (χ2v) is 5.87. The molecule has 7 heteroatoms. The zero-order chi connectivity index (χ0) is 16.4. The molecule has 1 aliphatic rings. The fourth-order valence-corrected chi connectivity index (χ4v) is 2.63. The van der Waals surface area contributed by atoms with Crippen LogP contribution < -0.4 is 4.74 Å². The lowest BCUT2D eigenvalue weighted by Crippen LogP contribution is -2.27. The van der Waals surface area contributed by atoms with E-state index in [-0.39, 0.29) is 12.5 Å². The Bertz CT molecular complexity index is 727. The van der Waals surface area contributed by atoms with Crippen LogP contribution in [0.1, 0.15) is 11.3 Å². The van der Waals surface area contributed by atoms with Gasteiger partial charge in [-0.05, 0) is 24.1 Å². The van der Waals surface area contributed by atoms with E-state index in [0.29, 0.717) is 29.7 Å². The Hall–Kier alpha value is -2.05. The van der Waals surface area contributed by atoms with Crippen molar-refractivity contribution in [2.45, 2.75) is 13.0 Å². The first-order valence-corrected chi connectivity index (χ1v) is 7.71. The molecule has 2 aromatic rings. The van der Waals surface area contributed by atoms with E-state index in [1.165, 1.54) is 10.5 Å². The SMILES string of the molecule is CN(C)C(=O)COc1cccc(-n2ncc3c2COCC3)c1Cl. The van der Waals surface area contributed by atoms with Crippen LogP contribution >= 0.6 is 11.6 Å². The van der Waals surface area contributed by atoms with E-state index in [1.54, 1.807) is 24.8 Å². The van der Waals surface area contributed by atoms with Gasteiger partial charge in [0.1, 0.15) is 10.8 Å². The van der Waals surface area contributed by atoms with Gasteiger partial charge < -0.3 is 14.4 Å². The van der Waals surface area contributed by atoms with E-state index in [1.807, 2.05) is 18.3 Å². The number of likely N-dealkylation sites (N-methyl/N-ethyl adjacent to an activating group) is 1. The van der Waals surface area contributed by atoms with Crippen LogP contribution in [0.15, 0.2) is 24.4 Å². The van der Waals surface area contributed by atoms with E-state index in [0.717, 1.165) is 12.1 Å². The number of carbonyl (C=O) groups is 1. The summed E-state index contributed by atoms with van der Waals surface area (Å²) in [6, 6.07) is 5.43. The third kappa shape index (κ3) is 3.18. The Morgan fingerprint density at radius 2 is 2.30 bits per heavy atom. The van der Waals surface area contributed by atoms with Crippen molar-refractivity contribution in [3.8, 4) is 11.4 Å². The molecule has 23 heavy (non-hydrogen) atoms. The second kappa shape index (κ2) is 6.60. The molecule has 122 valence electrons. The zero-order valence-electron chi connectivity index (χ0n) is 13.1. The summed E-state index contributed by atoms with van der Waals surface area (Å²) in [4.78, 5) is 13.1. The number of amides is 1. The van der Waals surface area contributed by atoms with Gasteiger partial charge in [-0.2, -0.15) is 5.10 Å². The van der Waals surface area contributed by atoms with Gasteiger partial charge in [0, 0.05) is 14.1 Å². The van der Waals surface area contributed by atoms with Crippen molar-refractivity contribution in [3.63, 3.8) is 0 Å². The Morgan fingerprint density at radius 1 is 1.48 bits per heavy atom. The summed E-state index contributed by atoms with van der Waals surface area (Å²) in [5.41, 5.74) is 2.88. The fourth-order valence-electron chi connectivity index (χ4n) is 2.37. The molecule has 0 aliphatic carbocycles. The summed E-state index contributed by atoms with van der Waals surface area (Å²) in [5.74, 6) is 0.330. The Labute approximate surface area is 139 Å². The standard InChI is InChI=1S/C16H18ClN3O3/c1-19(2)15(21)10-23-14-5-3-4-12(16(14)17)20-13-9-22-7-6-11(13)8-18-20/h3-5,8H,6-7,9-10H2,1-2H3. The van der Waals surface area contributed by atoms with Gasteiger partial charge in [-0.3, -0.25) is 4.79 Å². The van der Waals surface area contributed by atoms with Crippen LogP contribution in [0.5, 0.6) is 5.75 Å². The van der Waals surface area contributed by atoms with Crippen LogP contribution in [0.3, 0.4) is 0 Å². The van der Waals surface area contributed by atoms with Gasteiger partial charge >= 0.3 is 0 Å². The monoisotopic (exact) mass is 335 g/mol. The molecule has 1 aromatic carbocycles. The lowest BCUT2D eigenvalue weighted by molar-refractivity contribution is -0.130. The highest BCUT2D eigenvalue weighted by molar-refractivity contribution is 6.33. The largest absolute Gasteiger partial charge is 0.482 e. The lowest BCUT2D eigenvalue weighted by atomic mass is 10.1. The summed E-state index contributed by atoms with van der Waals surface area (Å²) in [5, 5.41) is 4.84. The van der Waals surface area contributed by atoms with Gasteiger partial charge in [0.05, 0.1) is 30.8 Å². The molecule has 0 atom stereocenters. The van der Waals surface area contributed by atoms with Crippen LogP contribution in [0.4, 0.5) is 0 Å². The van der Waals surface area contributed by atoms with Gasteiger partial charge in [0.25, 0.3) is 5.91 Å².